The molecule has 0 spiro atoms. The molecule has 5 heteroatoms. The zero-order chi connectivity index (χ0) is 25.4. The van der Waals surface area contributed by atoms with E-state index >= 15 is 0 Å². The Hall–Kier alpha value is -3.11. The number of halogens is 1. The van der Waals surface area contributed by atoms with Crippen LogP contribution in [0.2, 0.25) is 5.02 Å². The van der Waals surface area contributed by atoms with Crippen LogP contribution in [-0.4, -0.2) is 29.3 Å². The van der Waals surface area contributed by atoms with E-state index in [4.69, 9.17) is 11.6 Å². The van der Waals surface area contributed by atoms with Gasteiger partial charge in [0.05, 0.1) is 6.42 Å². The Bertz CT molecular complexity index is 1130. The first kappa shape index (κ1) is 26.5. The number of carbonyl (C=O) groups is 2. The van der Waals surface area contributed by atoms with E-state index in [0.717, 1.165) is 27.8 Å². The molecule has 3 aromatic rings. The van der Waals surface area contributed by atoms with Crippen LogP contribution < -0.4 is 5.32 Å². The van der Waals surface area contributed by atoms with Crippen molar-refractivity contribution in [3.8, 4) is 0 Å². The van der Waals surface area contributed by atoms with Gasteiger partial charge < -0.3 is 10.2 Å². The number of nitrogens with one attached hydrogen (secondary N) is 1. The van der Waals surface area contributed by atoms with E-state index in [0.29, 0.717) is 30.5 Å². The standard InChI is InChI=1S/C30H35ClN2O2/c1-21(2)19-32-30(35)28(17-24-8-6-5-7-9-24)33(20-25-12-14-27(31)15-13-25)29(34)18-26-16-22(3)10-11-23(26)4/h5-16,21,28H,17-20H2,1-4H3,(H,32,35)/t28-/m1/s1. The highest BCUT2D eigenvalue weighted by atomic mass is 35.5. The Balaban J connectivity index is 1.97. The van der Waals surface area contributed by atoms with Gasteiger partial charge in [-0.1, -0.05) is 91.7 Å². The first-order chi connectivity index (χ1) is 16.7. The molecule has 0 radical (unpaired) electrons. The van der Waals surface area contributed by atoms with Crippen molar-refractivity contribution in [3.05, 3.63) is 106 Å². The first-order valence-electron chi connectivity index (χ1n) is 12.1. The van der Waals surface area contributed by atoms with Gasteiger partial charge in [0.2, 0.25) is 11.8 Å². The minimum Gasteiger partial charge on any atom is -0.354 e. The highest BCUT2D eigenvalue weighted by Crippen LogP contribution is 2.19. The van der Waals surface area contributed by atoms with E-state index in [2.05, 4.69) is 25.2 Å². The number of amides is 2. The molecule has 3 aromatic carbocycles. The highest BCUT2D eigenvalue weighted by molar-refractivity contribution is 6.30. The second kappa shape index (κ2) is 12.6. The van der Waals surface area contributed by atoms with Crippen LogP contribution in [0.5, 0.6) is 0 Å². The lowest BCUT2D eigenvalue weighted by Gasteiger charge is -2.32. The summed E-state index contributed by atoms with van der Waals surface area (Å²) in [6.45, 7) is 9.05. The molecule has 3 rings (SSSR count). The van der Waals surface area contributed by atoms with Crippen molar-refractivity contribution in [1.29, 1.82) is 0 Å². The molecule has 4 nitrogen and oxygen atoms in total. The number of hydrogen-bond donors (Lipinski definition) is 1. The molecule has 2 amide bonds. The van der Waals surface area contributed by atoms with Crippen LogP contribution in [0.25, 0.3) is 0 Å². The topological polar surface area (TPSA) is 49.4 Å². The molecular weight excluding hydrogens is 456 g/mol. The fourth-order valence-corrected chi connectivity index (χ4v) is 4.14. The zero-order valence-corrected chi connectivity index (χ0v) is 21.8. The average molecular weight is 491 g/mol. The third-order valence-corrected chi connectivity index (χ3v) is 6.32. The Labute approximate surface area is 214 Å². The summed E-state index contributed by atoms with van der Waals surface area (Å²) in [7, 11) is 0. The van der Waals surface area contributed by atoms with Gasteiger partial charge in [-0.3, -0.25) is 9.59 Å². The molecular formula is C30H35ClN2O2. The summed E-state index contributed by atoms with van der Waals surface area (Å²) in [6, 6.07) is 22.8. The second-order valence-corrected chi connectivity index (χ2v) is 10.0. The van der Waals surface area contributed by atoms with Gasteiger partial charge >= 0.3 is 0 Å². The van der Waals surface area contributed by atoms with Crippen LogP contribution in [-0.2, 0) is 29.0 Å². The van der Waals surface area contributed by atoms with Crippen LogP contribution in [0.1, 0.15) is 41.7 Å². The van der Waals surface area contributed by atoms with Crippen molar-refractivity contribution in [2.45, 2.75) is 53.1 Å². The van der Waals surface area contributed by atoms with Crippen LogP contribution in [0.15, 0.2) is 72.8 Å². The summed E-state index contributed by atoms with van der Waals surface area (Å²) in [6.07, 6.45) is 0.681. The van der Waals surface area contributed by atoms with Crippen molar-refractivity contribution < 1.29 is 9.59 Å². The third-order valence-electron chi connectivity index (χ3n) is 6.07. The molecule has 0 aliphatic carbocycles. The van der Waals surface area contributed by atoms with E-state index in [9.17, 15) is 9.59 Å². The maximum absolute atomic E-state index is 13.8. The van der Waals surface area contributed by atoms with Crippen molar-refractivity contribution in [1.82, 2.24) is 10.2 Å². The number of benzene rings is 3. The molecule has 1 atom stereocenters. The summed E-state index contributed by atoms with van der Waals surface area (Å²) in [5, 5.41) is 3.70. The monoisotopic (exact) mass is 490 g/mol. The Morgan fingerprint density at radius 2 is 1.60 bits per heavy atom. The van der Waals surface area contributed by atoms with Crippen LogP contribution in [0, 0.1) is 19.8 Å². The van der Waals surface area contributed by atoms with Crippen LogP contribution >= 0.6 is 11.6 Å². The Kier molecular flexibility index (Phi) is 9.50. The van der Waals surface area contributed by atoms with E-state index < -0.39 is 6.04 Å². The number of carbonyl (C=O) groups excluding carboxylic acids is 2. The SMILES string of the molecule is Cc1ccc(C)c(CC(=O)N(Cc2ccc(Cl)cc2)[C@H](Cc2ccccc2)C(=O)NCC(C)C)c1. The molecule has 0 aliphatic heterocycles. The summed E-state index contributed by atoms with van der Waals surface area (Å²) < 4.78 is 0. The van der Waals surface area contributed by atoms with Crippen molar-refractivity contribution in [3.63, 3.8) is 0 Å². The largest absolute Gasteiger partial charge is 0.354 e. The van der Waals surface area contributed by atoms with Crippen molar-refractivity contribution >= 4 is 23.4 Å². The predicted octanol–water partition coefficient (Wildman–Crippen LogP) is 5.91. The van der Waals surface area contributed by atoms with Crippen molar-refractivity contribution in [2.24, 2.45) is 5.92 Å². The third kappa shape index (κ3) is 7.97. The lowest BCUT2D eigenvalue weighted by molar-refractivity contribution is -0.140. The summed E-state index contributed by atoms with van der Waals surface area (Å²) in [4.78, 5) is 29.1. The number of rotatable bonds is 10. The average Bonchev–Trinajstić information content (AvgIpc) is 2.83. The molecule has 0 fully saturated rings. The number of nitrogens with zero attached hydrogens (tertiary/aromatic N) is 1. The quantitative estimate of drug-likeness (QED) is 0.384. The van der Waals surface area contributed by atoms with Gasteiger partial charge in [0.15, 0.2) is 0 Å². The van der Waals surface area contributed by atoms with Gasteiger partial charge in [0.25, 0.3) is 0 Å². The summed E-state index contributed by atoms with van der Waals surface area (Å²) in [5.74, 6) is 0.104. The predicted molar refractivity (Wildman–Crippen MR) is 143 cm³/mol. The van der Waals surface area contributed by atoms with Crippen LogP contribution in [0.3, 0.4) is 0 Å². The minimum atomic E-state index is -0.635. The highest BCUT2D eigenvalue weighted by Gasteiger charge is 2.30. The lowest BCUT2D eigenvalue weighted by atomic mass is 9.99. The second-order valence-electron chi connectivity index (χ2n) is 9.60. The van der Waals surface area contributed by atoms with E-state index in [1.807, 2.05) is 80.6 Å². The molecule has 1 N–H and O–H groups in total. The molecule has 0 heterocycles. The lowest BCUT2D eigenvalue weighted by Crippen LogP contribution is -2.51. The van der Waals surface area contributed by atoms with Gasteiger partial charge in [-0.15, -0.1) is 0 Å². The number of aryl methyl sites for hydroxylation is 2. The van der Waals surface area contributed by atoms with Crippen LogP contribution in [0.4, 0.5) is 0 Å². The molecule has 0 aliphatic rings. The van der Waals surface area contributed by atoms with E-state index in [-0.39, 0.29) is 18.2 Å². The Morgan fingerprint density at radius 1 is 0.914 bits per heavy atom. The molecule has 0 saturated heterocycles. The molecule has 184 valence electrons. The fourth-order valence-electron chi connectivity index (χ4n) is 4.02. The maximum Gasteiger partial charge on any atom is 0.243 e. The van der Waals surface area contributed by atoms with Gasteiger partial charge in [0.1, 0.15) is 6.04 Å². The smallest absolute Gasteiger partial charge is 0.243 e. The normalized spacial score (nSPS) is 11.8. The zero-order valence-electron chi connectivity index (χ0n) is 21.1. The number of hydrogen-bond acceptors (Lipinski definition) is 2. The minimum absolute atomic E-state index is 0.0747. The summed E-state index contributed by atoms with van der Waals surface area (Å²) in [5.41, 5.74) is 5.10. The van der Waals surface area contributed by atoms with Gasteiger partial charge in [0, 0.05) is 24.5 Å². The molecule has 0 unspecified atom stereocenters. The molecule has 35 heavy (non-hydrogen) atoms. The molecule has 0 saturated carbocycles. The molecule has 0 aromatic heterocycles. The van der Waals surface area contributed by atoms with Gasteiger partial charge in [-0.2, -0.15) is 0 Å². The van der Waals surface area contributed by atoms with E-state index in [1.54, 1.807) is 4.90 Å². The van der Waals surface area contributed by atoms with E-state index in [1.165, 1.54) is 0 Å². The summed E-state index contributed by atoms with van der Waals surface area (Å²) >= 11 is 6.10. The van der Waals surface area contributed by atoms with Gasteiger partial charge in [-0.05, 0) is 54.2 Å². The maximum atomic E-state index is 13.8. The van der Waals surface area contributed by atoms with Gasteiger partial charge in [-0.25, -0.2) is 0 Å². The first-order valence-corrected chi connectivity index (χ1v) is 12.5. The molecule has 0 bridgehead atoms. The van der Waals surface area contributed by atoms with Crippen molar-refractivity contribution in [2.75, 3.05) is 6.54 Å². The Morgan fingerprint density at radius 3 is 2.26 bits per heavy atom. The fraction of sp³-hybridized carbons (Fsp3) is 0.333.